The Kier molecular flexibility index (Phi) is 4.37. The molecule has 4 N–H and O–H groups in total. The number of pyridine rings is 1. The van der Waals surface area contributed by atoms with E-state index in [2.05, 4.69) is 4.98 Å². The summed E-state index contributed by atoms with van der Waals surface area (Å²) in [4.78, 5) is 4.40. The van der Waals surface area contributed by atoms with E-state index in [1.807, 2.05) is 13.8 Å². The molecule has 1 unspecified atom stereocenters. The van der Waals surface area contributed by atoms with Gasteiger partial charge in [0.05, 0.1) is 17.3 Å². The van der Waals surface area contributed by atoms with Crippen LogP contribution in [0.3, 0.4) is 0 Å². The van der Waals surface area contributed by atoms with Gasteiger partial charge >= 0.3 is 0 Å². The molecule has 1 heterocycles. The number of fused-ring (bicyclic) bond motifs is 1. The van der Waals surface area contributed by atoms with Crippen LogP contribution in [0.5, 0.6) is 0 Å². The van der Waals surface area contributed by atoms with Crippen LogP contribution in [0.25, 0.3) is 10.9 Å². The molecule has 0 saturated heterocycles. The third-order valence-corrected chi connectivity index (χ3v) is 3.27. The smallest absolute Gasteiger partial charge is 0.161 e. The molecule has 4 nitrogen and oxygen atoms in total. The number of hydrogen-bond donors (Lipinski definition) is 2. The van der Waals surface area contributed by atoms with Crippen molar-refractivity contribution in [2.75, 3.05) is 0 Å². The number of aromatic nitrogens is 1. The summed E-state index contributed by atoms with van der Waals surface area (Å²) in [6.07, 6.45) is 2.88. The third kappa shape index (κ3) is 3.11. The molecular weight excluding hydrogens is 274 g/mol. The van der Waals surface area contributed by atoms with Crippen LogP contribution < -0.4 is 11.6 Å². The molecule has 0 spiro atoms. The molecule has 0 amide bonds. The summed E-state index contributed by atoms with van der Waals surface area (Å²) < 4.78 is 26.6. The van der Waals surface area contributed by atoms with Gasteiger partial charge in [0.15, 0.2) is 11.6 Å². The summed E-state index contributed by atoms with van der Waals surface area (Å²) in [5.41, 5.74) is 6.42. The van der Waals surface area contributed by atoms with Crippen LogP contribution in [-0.4, -0.2) is 9.99 Å². The summed E-state index contributed by atoms with van der Waals surface area (Å²) in [5, 5.41) is 2.00. The monoisotopic (exact) mass is 292 g/mol. The second kappa shape index (κ2) is 6.05. The highest BCUT2D eigenvalue weighted by atomic mass is 19.2. The zero-order chi connectivity index (χ0) is 15.6. The van der Waals surface area contributed by atoms with Gasteiger partial charge in [-0.3, -0.25) is 4.98 Å². The van der Waals surface area contributed by atoms with E-state index < -0.39 is 11.6 Å². The molecule has 0 saturated carbocycles. The summed E-state index contributed by atoms with van der Waals surface area (Å²) in [5.74, 6) is 4.30. The SMILES string of the molecule is CC(C)C(c1ccc2cc(F)c(F)cc2n1)N(N)/C=C\N. The molecule has 0 fully saturated rings. The van der Waals surface area contributed by atoms with Crippen LogP contribution in [0.2, 0.25) is 0 Å². The number of hydrogen-bond acceptors (Lipinski definition) is 4. The highest BCUT2D eigenvalue weighted by molar-refractivity contribution is 5.78. The Hall–Kier alpha value is -2.21. The van der Waals surface area contributed by atoms with Gasteiger partial charge in [0.2, 0.25) is 0 Å². The fraction of sp³-hybridized carbons (Fsp3) is 0.267. The first kappa shape index (κ1) is 15.2. The minimum Gasteiger partial charge on any atom is -0.403 e. The van der Waals surface area contributed by atoms with Gasteiger partial charge in [-0.2, -0.15) is 0 Å². The number of nitrogens with zero attached hydrogens (tertiary/aromatic N) is 2. The first-order valence-electron chi connectivity index (χ1n) is 6.61. The van der Waals surface area contributed by atoms with Crippen molar-refractivity contribution in [1.29, 1.82) is 0 Å². The minimum absolute atomic E-state index is 0.154. The van der Waals surface area contributed by atoms with Gasteiger partial charge in [0.25, 0.3) is 0 Å². The molecule has 6 heteroatoms. The van der Waals surface area contributed by atoms with E-state index in [1.165, 1.54) is 11.2 Å². The first-order chi connectivity index (χ1) is 9.93. The molecule has 1 atom stereocenters. The van der Waals surface area contributed by atoms with Crippen LogP contribution in [0.15, 0.2) is 36.7 Å². The molecule has 112 valence electrons. The average molecular weight is 292 g/mol. The Morgan fingerprint density at radius 2 is 1.86 bits per heavy atom. The molecular formula is C15H18F2N4. The lowest BCUT2D eigenvalue weighted by Crippen LogP contribution is -2.34. The lowest BCUT2D eigenvalue weighted by molar-refractivity contribution is 0.222. The maximum atomic E-state index is 13.3. The van der Waals surface area contributed by atoms with Crippen LogP contribution in [-0.2, 0) is 0 Å². The molecule has 1 aromatic carbocycles. The van der Waals surface area contributed by atoms with Gasteiger partial charge in [-0.25, -0.2) is 14.6 Å². The number of hydrazine groups is 1. The summed E-state index contributed by atoms with van der Waals surface area (Å²) >= 11 is 0. The molecule has 0 aliphatic carbocycles. The van der Waals surface area contributed by atoms with E-state index in [0.29, 0.717) is 16.6 Å². The van der Waals surface area contributed by atoms with E-state index in [4.69, 9.17) is 11.6 Å². The third-order valence-electron chi connectivity index (χ3n) is 3.27. The molecule has 1 aromatic heterocycles. The molecule has 2 aromatic rings. The topological polar surface area (TPSA) is 68.2 Å². The number of rotatable bonds is 4. The lowest BCUT2D eigenvalue weighted by Gasteiger charge is -2.29. The van der Waals surface area contributed by atoms with Crippen LogP contribution in [0.4, 0.5) is 8.78 Å². The number of halogens is 2. The molecule has 0 bridgehead atoms. The van der Waals surface area contributed by atoms with Gasteiger partial charge < -0.3 is 10.7 Å². The zero-order valence-corrected chi connectivity index (χ0v) is 11.9. The Morgan fingerprint density at radius 3 is 2.48 bits per heavy atom. The molecule has 0 radical (unpaired) electrons. The summed E-state index contributed by atoms with van der Waals surface area (Å²) in [7, 11) is 0. The molecule has 0 aliphatic heterocycles. The Labute approximate surface area is 122 Å². The minimum atomic E-state index is -0.917. The summed E-state index contributed by atoms with van der Waals surface area (Å²) in [6, 6.07) is 5.46. The highest BCUT2D eigenvalue weighted by Crippen LogP contribution is 2.27. The Balaban J connectivity index is 2.51. The molecule has 0 aliphatic rings. The number of benzene rings is 1. The first-order valence-corrected chi connectivity index (χ1v) is 6.61. The van der Waals surface area contributed by atoms with E-state index in [-0.39, 0.29) is 12.0 Å². The maximum Gasteiger partial charge on any atom is 0.161 e. The standard InChI is InChI=1S/C15H18F2N4/c1-9(2)15(21(19)6-5-18)13-4-3-10-7-11(16)12(17)8-14(10)20-13/h3-9,15H,18-19H2,1-2H3/b6-5-. The van der Waals surface area contributed by atoms with Crippen molar-refractivity contribution >= 4 is 10.9 Å². The largest absolute Gasteiger partial charge is 0.403 e. The van der Waals surface area contributed by atoms with Crippen molar-refractivity contribution in [2.24, 2.45) is 17.5 Å². The van der Waals surface area contributed by atoms with Gasteiger partial charge in [0, 0.05) is 23.9 Å². The number of nitrogens with two attached hydrogens (primary N) is 2. The van der Waals surface area contributed by atoms with E-state index in [1.54, 1.807) is 18.3 Å². The molecule has 21 heavy (non-hydrogen) atoms. The van der Waals surface area contributed by atoms with Gasteiger partial charge in [-0.05, 0) is 18.1 Å². The van der Waals surface area contributed by atoms with E-state index in [9.17, 15) is 8.78 Å². The Bertz CT molecular complexity index is 670. The van der Waals surface area contributed by atoms with Crippen molar-refractivity contribution in [3.05, 3.63) is 54.0 Å². The second-order valence-corrected chi connectivity index (χ2v) is 5.17. The van der Waals surface area contributed by atoms with E-state index >= 15 is 0 Å². The maximum absolute atomic E-state index is 13.3. The fourth-order valence-electron chi connectivity index (χ4n) is 2.33. The van der Waals surface area contributed by atoms with Crippen LogP contribution >= 0.6 is 0 Å². The highest BCUT2D eigenvalue weighted by Gasteiger charge is 2.21. The zero-order valence-electron chi connectivity index (χ0n) is 11.9. The Morgan fingerprint density at radius 1 is 1.19 bits per heavy atom. The van der Waals surface area contributed by atoms with Crippen molar-refractivity contribution in [3.63, 3.8) is 0 Å². The van der Waals surface area contributed by atoms with Crippen molar-refractivity contribution in [1.82, 2.24) is 9.99 Å². The average Bonchev–Trinajstić information content (AvgIpc) is 2.40. The second-order valence-electron chi connectivity index (χ2n) is 5.17. The van der Waals surface area contributed by atoms with Crippen LogP contribution in [0.1, 0.15) is 25.6 Å². The van der Waals surface area contributed by atoms with Crippen LogP contribution in [0, 0.1) is 17.6 Å². The predicted octanol–water partition coefficient (Wildman–Crippen LogP) is 2.82. The fourth-order valence-corrected chi connectivity index (χ4v) is 2.33. The van der Waals surface area contributed by atoms with E-state index in [0.717, 1.165) is 12.1 Å². The van der Waals surface area contributed by atoms with Gasteiger partial charge in [-0.1, -0.05) is 19.9 Å². The lowest BCUT2D eigenvalue weighted by atomic mass is 9.99. The summed E-state index contributed by atoms with van der Waals surface area (Å²) in [6.45, 7) is 3.98. The quantitative estimate of drug-likeness (QED) is 0.671. The van der Waals surface area contributed by atoms with Crippen molar-refractivity contribution in [2.45, 2.75) is 19.9 Å². The molecule has 2 rings (SSSR count). The predicted molar refractivity (Wildman–Crippen MR) is 78.6 cm³/mol. The van der Waals surface area contributed by atoms with Crippen molar-refractivity contribution in [3.8, 4) is 0 Å². The van der Waals surface area contributed by atoms with Gasteiger partial charge in [-0.15, -0.1) is 0 Å². The normalized spacial score (nSPS) is 13.2. The van der Waals surface area contributed by atoms with Crippen molar-refractivity contribution < 1.29 is 8.78 Å². The van der Waals surface area contributed by atoms with Gasteiger partial charge in [0.1, 0.15) is 0 Å².